The van der Waals surface area contributed by atoms with Crippen LogP contribution in [0.1, 0.15) is 24.8 Å². The van der Waals surface area contributed by atoms with Crippen molar-refractivity contribution in [2.45, 2.75) is 24.9 Å². The zero-order valence-electron chi connectivity index (χ0n) is 9.62. The summed E-state index contributed by atoms with van der Waals surface area (Å²) in [6, 6.07) is 6.34. The third kappa shape index (κ3) is 2.42. The second kappa shape index (κ2) is 4.52. The summed E-state index contributed by atoms with van der Waals surface area (Å²) in [6.07, 6.45) is 2.33. The maximum atomic E-state index is 13.1. The smallest absolute Gasteiger partial charge is 0.123 e. The minimum atomic E-state index is -0.854. The van der Waals surface area contributed by atoms with Crippen LogP contribution in [0.2, 0.25) is 0 Å². The first-order valence-electron chi connectivity index (χ1n) is 5.77. The molecule has 0 aliphatic carbocycles. The van der Waals surface area contributed by atoms with Crippen molar-refractivity contribution >= 4 is 0 Å². The number of hydrogen-bond acceptors (Lipinski definition) is 2. The van der Waals surface area contributed by atoms with Gasteiger partial charge in [0, 0.05) is 6.54 Å². The molecule has 1 fully saturated rings. The minimum Gasteiger partial charge on any atom is -0.385 e. The molecule has 1 aliphatic heterocycles. The molecule has 0 radical (unpaired) electrons. The molecular weight excluding hydrogens is 205 g/mol. The predicted molar refractivity (Wildman–Crippen MR) is 61.6 cm³/mol. The molecule has 2 rings (SSSR count). The molecule has 1 aromatic rings. The van der Waals surface area contributed by atoms with Gasteiger partial charge in [-0.3, -0.25) is 0 Å². The Balaban J connectivity index is 2.23. The largest absolute Gasteiger partial charge is 0.385 e. The van der Waals surface area contributed by atoms with E-state index in [0.29, 0.717) is 18.4 Å². The second-order valence-corrected chi connectivity index (χ2v) is 4.70. The zero-order chi connectivity index (χ0) is 11.6. The Morgan fingerprint density at radius 2 is 2.12 bits per heavy atom. The van der Waals surface area contributed by atoms with Crippen molar-refractivity contribution in [3.05, 3.63) is 35.6 Å². The normalized spacial score (nSPS) is 27.7. The van der Waals surface area contributed by atoms with E-state index in [-0.39, 0.29) is 5.82 Å². The highest BCUT2D eigenvalue weighted by Gasteiger charge is 2.31. The van der Waals surface area contributed by atoms with Gasteiger partial charge in [0.15, 0.2) is 0 Å². The van der Waals surface area contributed by atoms with Gasteiger partial charge in [0.25, 0.3) is 0 Å². The number of aliphatic hydroxyl groups is 1. The van der Waals surface area contributed by atoms with Crippen molar-refractivity contribution in [3.8, 4) is 0 Å². The van der Waals surface area contributed by atoms with E-state index in [1.165, 1.54) is 12.1 Å². The number of benzene rings is 1. The summed E-state index contributed by atoms with van der Waals surface area (Å²) >= 11 is 0. The van der Waals surface area contributed by atoms with Gasteiger partial charge in [-0.05, 0) is 50.6 Å². The lowest BCUT2D eigenvalue weighted by Gasteiger charge is -2.27. The summed E-state index contributed by atoms with van der Waals surface area (Å²) in [5.41, 5.74) is -0.143. The van der Waals surface area contributed by atoms with Crippen LogP contribution < -0.4 is 0 Å². The van der Waals surface area contributed by atoms with Crippen LogP contribution in [0.3, 0.4) is 0 Å². The molecule has 1 aromatic carbocycles. The first-order valence-corrected chi connectivity index (χ1v) is 5.77. The van der Waals surface area contributed by atoms with Crippen LogP contribution in [0.25, 0.3) is 0 Å². The van der Waals surface area contributed by atoms with E-state index >= 15 is 0 Å². The van der Waals surface area contributed by atoms with Crippen LogP contribution in [0.5, 0.6) is 0 Å². The van der Waals surface area contributed by atoms with Gasteiger partial charge in [-0.1, -0.05) is 12.1 Å². The number of likely N-dealkylation sites (tertiary alicyclic amines) is 1. The third-order valence-corrected chi connectivity index (χ3v) is 3.40. The maximum Gasteiger partial charge on any atom is 0.123 e. The van der Waals surface area contributed by atoms with Crippen molar-refractivity contribution in [1.29, 1.82) is 0 Å². The summed E-state index contributed by atoms with van der Waals surface area (Å²) in [6.45, 7) is 1.85. The Kier molecular flexibility index (Phi) is 3.26. The third-order valence-electron chi connectivity index (χ3n) is 3.40. The van der Waals surface area contributed by atoms with E-state index in [9.17, 15) is 9.50 Å². The molecule has 16 heavy (non-hydrogen) atoms. The number of rotatable bonds is 1. The van der Waals surface area contributed by atoms with Crippen LogP contribution in [-0.2, 0) is 5.60 Å². The van der Waals surface area contributed by atoms with Crippen LogP contribution in [0, 0.1) is 5.82 Å². The van der Waals surface area contributed by atoms with E-state index in [0.717, 1.165) is 19.5 Å². The summed E-state index contributed by atoms with van der Waals surface area (Å²) in [5, 5.41) is 10.6. The first kappa shape index (κ1) is 11.6. The molecule has 2 nitrogen and oxygen atoms in total. The average Bonchev–Trinajstić information content (AvgIpc) is 2.42. The standard InChI is InChI=1S/C13H18FNO/c1-15-8-3-6-13(16,7-9-15)11-4-2-5-12(14)10-11/h2,4-5,10,16H,3,6-9H2,1H3. The first-order chi connectivity index (χ1) is 7.60. The van der Waals surface area contributed by atoms with Crippen molar-refractivity contribution in [3.63, 3.8) is 0 Å². The highest BCUT2D eigenvalue weighted by molar-refractivity contribution is 5.23. The van der Waals surface area contributed by atoms with Crippen molar-refractivity contribution < 1.29 is 9.50 Å². The van der Waals surface area contributed by atoms with Gasteiger partial charge in [-0.25, -0.2) is 4.39 Å². The maximum absolute atomic E-state index is 13.1. The quantitative estimate of drug-likeness (QED) is 0.788. The molecule has 0 saturated carbocycles. The van der Waals surface area contributed by atoms with E-state index in [1.807, 2.05) is 6.07 Å². The van der Waals surface area contributed by atoms with E-state index < -0.39 is 5.60 Å². The SMILES string of the molecule is CN1CCCC(O)(c2cccc(F)c2)CC1. The fraction of sp³-hybridized carbons (Fsp3) is 0.538. The lowest BCUT2D eigenvalue weighted by molar-refractivity contribution is 0.0215. The number of nitrogens with zero attached hydrogens (tertiary/aromatic N) is 1. The Bertz CT molecular complexity index is 369. The molecule has 1 saturated heterocycles. The van der Waals surface area contributed by atoms with Crippen LogP contribution in [0.4, 0.5) is 4.39 Å². The van der Waals surface area contributed by atoms with Gasteiger partial charge in [-0.15, -0.1) is 0 Å². The molecule has 1 atom stereocenters. The molecule has 1 N–H and O–H groups in total. The topological polar surface area (TPSA) is 23.5 Å². The molecule has 1 heterocycles. The van der Waals surface area contributed by atoms with Crippen LogP contribution in [0.15, 0.2) is 24.3 Å². The Morgan fingerprint density at radius 3 is 2.88 bits per heavy atom. The molecule has 1 unspecified atom stereocenters. The minimum absolute atomic E-state index is 0.275. The Morgan fingerprint density at radius 1 is 1.31 bits per heavy atom. The number of halogens is 1. The van der Waals surface area contributed by atoms with Crippen LogP contribution >= 0.6 is 0 Å². The summed E-state index contributed by atoms with van der Waals surface area (Å²) in [4.78, 5) is 2.21. The van der Waals surface area contributed by atoms with Crippen molar-refractivity contribution in [2.75, 3.05) is 20.1 Å². The predicted octanol–water partition coefficient (Wildman–Crippen LogP) is 2.13. The van der Waals surface area contributed by atoms with Gasteiger partial charge in [0.1, 0.15) is 5.82 Å². The molecule has 0 amide bonds. The highest BCUT2D eigenvalue weighted by Crippen LogP contribution is 2.32. The van der Waals surface area contributed by atoms with Crippen LogP contribution in [-0.4, -0.2) is 30.1 Å². The molecule has 3 heteroatoms. The fourth-order valence-corrected chi connectivity index (χ4v) is 2.32. The lowest BCUT2D eigenvalue weighted by Crippen LogP contribution is -2.27. The molecule has 0 bridgehead atoms. The average molecular weight is 223 g/mol. The molecule has 1 aliphatic rings. The van der Waals surface area contributed by atoms with E-state index in [4.69, 9.17) is 0 Å². The lowest BCUT2D eigenvalue weighted by atomic mass is 9.87. The molecule has 0 aromatic heterocycles. The van der Waals surface area contributed by atoms with Crippen molar-refractivity contribution in [1.82, 2.24) is 4.90 Å². The summed E-state index contributed by atoms with van der Waals surface area (Å²) in [7, 11) is 2.05. The zero-order valence-corrected chi connectivity index (χ0v) is 9.62. The summed E-state index contributed by atoms with van der Waals surface area (Å²) in [5.74, 6) is -0.275. The van der Waals surface area contributed by atoms with Crippen molar-refractivity contribution in [2.24, 2.45) is 0 Å². The van der Waals surface area contributed by atoms with Gasteiger partial charge in [0.2, 0.25) is 0 Å². The highest BCUT2D eigenvalue weighted by atomic mass is 19.1. The molecule has 0 spiro atoms. The van der Waals surface area contributed by atoms with Gasteiger partial charge in [-0.2, -0.15) is 0 Å². The van der Waals surface area contributed by atoms with Gasteiger partial charge >= 0.3 is 0 Å². The molecule has 88 valence electrons. The number of hydrogen-bond donors (Lipinski definition) is 1. The van der Waals surface area contributed by atoms with E-state index in [1.54, 1.807) is 6.07 Å². The fourth-order valence-electron chi connectivity index (χ4n) is 2.32. The Hall–Kier alpha value is -0.930. The second-order valence-electron chi connectivity index (χ2n) is 4.70. The van der Waals surface area contributed by atoms with Gasteiger partial charge in [0.05, 0.1) is 5.60 Å². The molecular formula is C13H18FNO. The monoisotopic (exact) mass is 223 g/mol. The van der Waals surface area contributed by atoms with E-state index in [2.05, 4.69) is 11.9 Å². The summed E-state index contributed by atoms with van der Waals surface area (Å²) < 4.78 is 13.1. The van der Waals surface area contributed by atoms with Gasteiger partial charge < -0.3 is 10.0 Å². The Labute approximate surface area is 95.7 Å².